The van der Waals surface area contributed by atoms with Gasteiger partial charge in [0.25, 0.3) is 5.91 Å². The second kappa shape index (κ2) is 9.34. The Labute approximate surface area is 175 Å². The average molecular weight is 398 g/mol. The van der Waals surface area contributed by atoms with E-state index in [2.05, 4.69) is 52.9 Å². The fourth-order valence-electron chi connectivity index (χ4n) is 2.98. The van der Waals surface area contributed by atoms with Crippen molar-refractivity contribution in [2.75, 3.05) is 13.2 Å². The van der Waals surface area contributed by atoms with Crippen LogP contribution in [0.4, 0.5) is 0 Å². The molecule has 0 spiro atoms. The normalized spacial score (nSPS) is 12.9. The molecule has 0 aliphatic heterocycles. The maximum absolute atomic E-state index is 12.3. The van der Waals surface area contributed by atoms with Gasteiger partial charge in [0.05, 0.1) is 6.54 Å². The van der Waals surface area contributed by atoms with Gasteiger partial charge in [-0.15, -0.1) is 0 Å². The molecule has 0 aromatic heterocycles. The lowest BCUT2D eigenvalue weighted by Crippen LogP contribution is -2.38. The molecule has 158 valence electrons. The number of carbonyl (C=O) groups excluding carboxylic acids is 1. The first-order valence-corrected chi connectivity index (χ1v) is 10.3. The molecule has 0 heterocycles. The van der Waals surface area contributed by atoms with Crippen molar-refractivity contribution >= 4 is 5.91 Å². The molecule has 4 heteroatoms. The summed E-state index contributed by atoms with van der Waals surface area (Å²) in [5, 5.41) is 2.88. The van der Waals surface area contributed by atoms with Gasteiger partial charge in [-0.1, -0.05) is 71.9 Å². The van der Waals surface area contributed by atoms with Crippen LogP contribution in [0.25, 0.3) is 0 Å². The second-order valence-electron chi connectivity index (χ2n) is 9.42. The van der Waals surface area contributed by atoms with Gasteiger partial charge in [-0.3, -0.25) is 4.79 Å². The summed E-state index contributed by atoms with van der Waals surface area (Å²) in [6.07, 6.45) is -0.572. The third-order valence-corrected chi connectivity index (χ3v) is 4.76. The highest BCUT2D eigenvalue weighted by molar-refractivity contribution is 5.80. The molecule has 4 nitrogen and oxygen atoms in total. The quantitative estimate of drug-likeness (QED) is 0.650. The second-order valence-corrected chi connectivity index (χ2v) is 9.42. The van der Waals surface area contributed by atoms with Crippen LogP contribution >= 0.6 is 0 Å². The minimum atomic E-state index is -0.572. The van der Waals surface area contributed by atoms with Gasteiger partial charge in [-0.2, -0.15) is 0 Å². The zero-order chi connectivity index (χ0) is 21.7. The monoisotopic (exact) mass is 397 g/mol. The Hall–Kier alpha value is -2.49. The Morgan fingerprint density at radius 1 is 0.931 bits per heavy atom. The number of rotatable bonds is 7. The predicted octanol–water partition coefficient (Wildman–Crippen LogP) is 5.24. The number of carbonyl (C=O) groups is 1. The highest BCUT2D eigenvalue weighted by Gasteiger charge is 2.19. The number of amides is 1. The van der Waals surface area contributed by atoms with E-state index < -0.39 is 6.10 Å². The standard InChI is InChI=1S/C25H35NO3/c1-18(29-20-14-12-19(13-15-20)24(2,3)4)23(27)26-16-17-28-22-11-9-8-10-21(22)25(5,6)7/h8-15,18H,16-17H2,1-7H3,(H,26,27)/t18-/m1/s1. The lowest BCUT2D eigenvalue weighted by atomic mass is 9.86. The van der Waals surface area contributed by atoms with Gasteiger partial charge in [-0.25, -0.2) is 0 Å². The van der Waals surface area contributed by atoms with Crippen molar-refractivity contribution < 1.29 is 14.3 Å². The first-order valence-electron chi connectivity index (χ1n) is 10.3. The topological polar surface area (TPSA) is 47.6 Å². The lowest BCUT2D eigenvalue weighted by molar-refractivity contribution is -0.127. The molecule has 29 heavy (non-hydrogen) atoms. The van der Waals surface area contributed by atoms with Crippen LogP contribution in [-0.2, 0) is 15.6 Å². The van der Waals surface area contributed by atoms with Crippen molar-refractivity contribution in [2.45, 2.75) is 65.4 Å². The molecule has 0 unspecified atom stereocenters. The van der Waals surface area contributed by atoms with Crippen LogP contribution < -0.4 is 14.8 Å². The maximum Gasteiger partial charge on any atom is 0.260 e. The first kappa shape index (κ1) is 22.8. The van der Waals surface area contributed by atoms with E-state index in [0.29, 0.717) is 18.9 Å². The van der Waals surface area contributed by atoms with Crippen molar-refractivity contribution in [1.29, 1.82) is 0 Å². The largest absolute Gasteiger partial charge is 0.491 e. The summed E-state index contributed by atoms with van der Waals surface area (Å²) in [6.45, 7) is 15.6. The van der Waals surface area contributed by atoms with Crippen LogP contribution in [0.2, 0.25) is 0 Å². The van der Waals surface area contributed by atoms with Crippen LogP contribution in [0.15, 0.2) is 48.5 Å². The zero-order valence-electron chi connectivity index (χ0n) is 18.8. The number of ether oxygens (including phenoxy) is 2. The summed E-state index contributed by atoms with van der Waals surface area (Å²) < 4.78 is 11.7. The van der Waals surface area contributed by atoms with E-state index in [-0.39, 0.29) is 16.7 Å². The minimum Gasteiger partial charge on any atom is -0.491 e. The average Bonchev–Trinajstić information content (AvgIpc) is 2.64. The molecule has 0 saturated heterocycles. The minimum absolute atomic E-state index is 0.00470. The van der Waals surface area contributed by atoms with Gasteiger partial charge in [0.15, 0.2) is 6.10 Å². The van der Waals surface area contributed by atoms with E-state index in [1.54, 1.807) is 6.92 Å². The van der Waals surface area contributed by atoms with E-state index in [0.717, 1.165) is 11.3 Å². The third-order valence-electron chi connectivity index (χ3n) is 4.76. The number of hydrogen-bond donors (Lipinski definition) is 1. The van der Waals surface area contributed by atoms with Crippen LogP contribution in [0, 0.1) is 0 Å². The number of benzene rings is 2. The highest BCUT2D eigenvalue weighted by Crippen LogP contribution is 2.30. The van der Waals surface area contributed by atoms with E-state index in [9.17, 15) is 4.79 Å². The molecule has 0 aliphatic carbocycles. The van der Waals surface area contributed by atoms with Gasteiger partial charge in [0, 0.05) is 0 Å². The molecule has 0 saturated carbocycles. The van der Waals surface area contributed by atoms with Crippen molar-refractivity contribution in [2.24, 2.45) is 0 Å². The van der Waals surface area contributed by atoms with Crippen LogP contribution in [-0.4, -0.2) is 25.2 Å². The number of hydrogen-bond acceptors (Lipinski definition) is 3. The maximum atomic E-state index is 12.3. The molecule has 1 atom stereocenters. The van der Waals surface area contributed by atoms with Gasteiger partial charge in [-0.05, 0) is 47.1 Å². The Morgan fingerprint density at radius 2 is 1.55 bits per heavy atom. The van der Waals surface area contributed by atoms with E-state index in [4.69, 9.17) is 9.47 Å². The molecular weight excluding hydrogens is 362 g/mol. The van der Waals surface area contributed by atoms with Gasteiger partial charge >= 0.3 is 0 Å². The van der Waals surface area contributed by atoms with Crippen molar-refractivity contribution in [3.05, 3.63) is 59.7 Å². The molecule has 2 aromatic carbocycles. The summed E-state index contributed by atoms with van der Waals surface area (Å²) in [4.78, 5) is 12.3. The number of para-hydroxylation sites is 1. The van der Waals surface area contributed by atoms with E-state index in [1.165, 1.54) is 5.56 Å². The summed E-state index contributed by atoms with van der Waals surface area (Å²) in [7, 11) is 0. The highest BCUT2D eigenvalue weighted by atomic mass is 16.5. The first-order chi connectivity index (χ1) is 13.5. The lowest BCUT2D eigenvalue weighted by Gasteiger charge is -2.23. The van der Waals surface area contributed by atoms with Gasteiger partial charge in [0.1, 0.15) is 18.1 Å². The summed E-state index contributed by atoms with van der Waals surface area (Å²) >= 11 is 0. The summed E-state index contributed by atoms with van der Waals surface area (Å²) in [6, 6.07) is 15.9. The summed E-state index contributed by atoms with van der Waals surface area (Å²) in [5.41, 5.74) is 2.48. The Kier molecular flexibility index (Phi) is 7.34. The molecule has 0 aliphatic rings. The van der Waals surface area contributed by atoms with Gasteiger partial charge in [0.2, 0.25) is 0 Å². The molecule has 0 fully saturated rings. The SMILES string of the molecule is C[C@@H](Oc1ccc(C(C)(C)C)cc1)C(=O)NCCOc1ccccc1C(C)(C)C. The summed E-state index contributed by atoms with van der Waals surface area (Å²) in [5.74, 6) is 1.39. The van der Waals surface area contributed by atoms with E-state index in [1.807, 2.05) is 42.5 Å². The molecular formula is C25H35NO3. The van der Waals surface area contributed by atoms with Crippen molar-refractivity contribution in [1.82, 2.24) is 5.32 Å². The fourth-order valence-corrected chi connectivity index (χ4v) is 2.98. The molecule has 2 aromatic rings. The predicted molar refractivity (Wildman–Crippen MR) is 119 cm³/mol. The Balaban J connectivity index is 1.81. The molecule has 1 N–H and O–H groups in total. The Morgan fingerprint density at radius 3 is 2.14 bits per heavy atom. The molecule has 0 bridgehead atoms. The molecule has 0 radical (unpaired) electrons. The van der Waals surface area contributed by atoms with Crippen molar-refractivity contribution in [3.63, 3.8) is 0 Å². The van der Waals surface area contributed by atoms with Crippen LogP contribution in [0.1, 0.15) is 59.6 Å². The zero-order valence-corrected chi connectivity index (χ0v) is 18.8. The van der Waals surface area contributed by atoms with Crippen LogP contribution in [0.5, 0.6) is 11.5 Å². The van der Waals surface area contributed by atoms with E-state index >= 15 is 0 Å². The molecule has 2 rings (SSSR count). The fraction of sp³-hybridized carbons (Fsp3) is 0.480. The van der Waals surface area contributed by atoms with Crippen LogP contribution in [0.3, 0.4) is 0 Å². The molecule has 1 amide bonds. The van der Waals surface area contributed by atoms with Gasteiger partial charge < -0.3 is 14.8 Å². The smallest absolute Gasteiger partial charge is 0.260 e. The van der Waals surface area contributed by atoms with Crippen molar-refractivity contribution in [3.8, 4) is 11.5 Å². The number of nitrogens with one attached hydrogen (secondary N) is 1. The Bertz CT molecular complexity index is 798. The third kappa shape index (κ3) is 6.81.